The highest BCUT2D eigenvalue weighted by Gasteiger charge is 2.43. The minimum atomic E-state index is -0.713. The molecule has 2 heterocycles. The van der Waals surface area contributed by atoms with Crippen LogP contribution in [0.2, 0.25) is 0 Å². The van der Waals surface area contributed by atoms with Crippen molar-refractivity contribution in [2.45, 2.75) is 32.8 Å². The summed E-state index contributed by atoms with van der Waals surface area (Å²) >= 11 is 0. The number of hydrogen-bond donors (Lipinski definition) is 2. The predicted molar refractivity (Wildman–Crippen MR) is 133 cm³/mol. The average molecular weight is 486 g/mol. The first-order chi connectivity index (χ1) is 17.1. The molecule has 0 spiro atoms. The number of fused-ring (bicyclic) bond motifs is 2. The number of aromatic nitrogens is 2. The van der Waals surface area contributed by atoms with Crippen molar-refractivity contribution in [3.8, 4) is 11.8 Å². The Hall–Kier alpha value is -4.65. The van der Waals surface area contributed by atoms with E-state index in [4.69, 9.17) is 14.4 Å². The Balaban J connectivity index is 1.60. The quantitative estimate of drug-likeness (QED) is 0.431. The molecule has 1 unspecified atom stereocenters. The Morgan fingerprint density at radius 1 is 1.19 bits per heavy atom. The van der Waals surface area contributed by atoms with E-state index in [1.54, 1.807) is 63.2 Å². The van der Waals surface area contributed by atoms with Gasteiger partial charge in [0.05, 0.1) is 34.8 Å². The molecule has 2 aromatic carbocycles. The Bertz CT molecular complexity index is 1620. The zero-order valence-corrected chi connectivity index (χ0v) is 19.9. The molecule has 2 N–H and O–H groups in total. The van der Waals surface area contributed by atoms with Gasteiger partial charge in [0.15, 0.2) is 5.58 Å². The lowest BCUT2D eigenvalue weighted by Gasteiger charge is -2.20. The van der Waals surface area contributed by atoms with E-state index in [9.17, 15) is 14.4 Å². The molecule has 10 heteroatoms. The third kappa shape index (κ3) is 4.51. The van der Waals surface area contributed by atoms with E-state index in [1.165, 1.54) is 10.8 Å². The van der Waals surface area contributed by atoms with Gasteiger partial charge in [0.25, 0.3) is 0 Å². The van der Waals surface area contributed by atoms with E-state index >= 15 is 0 Å². The van der Waals surface area contributed by atoms with Crippen molar-refractivity contribution in [1.29, 1.82) is 5.26 Å². The first-order valence-electron chi connectivity index (χ1n) is 11.4. The number of amides is 2. The summed E-state index contributed by atoms with van der Waals surface area (Å²) in [6.45, 7) is 5.27. The van der Waals surface area contributed by atoms with E-state index < -0.39 is 17.5 Å². The third-order valence-electron chi connectivity index (χ3n) is 5.75. The smallest absolute Gasteiger partial charge is 0.424 e. The van der Waals surface area contributed by atoms with Gasteiger partial charge in [-0.05, 0) is 62.9 Å². The molecule has 1 aliphatic carbocycles. The molecular weight excluding hydrogens is 462 g/mol. The minimum Gasteiger partial charge on any atom is -0.444 e. The lowest BCUT2D eigenvalue weighted by atomic mass is 10.1. The van der Waals surface area contributed by atoms with Gasteiger partial charge < -0.3 is 14.5 Å². The lowest BCUT2D eigenvalue weighted by molar-refractivity contribution is -0.117. The van der Waals surface area contributed by atoms with E-state index in [0.29, 0.717) is 45.5 Å². The number of oxazole rings is 1. The fourth-order valence-electron chi connectivity index (χ4n) is 4.01. The molecule has 0 saturated heterocycles. The van der Waals surface area contributed by atoms with Crippen molar-refractivity contribution < 1.29 is 18.7 Å². The molecule has 36 heavy (non-hydrogen) atoms. The van der Waals surface area contributed by atoms with Gasteiger partial charge in [0.2, 0.25) is 5.91 Å². The number of rotatable bonds is 4. The van der Waals surface area contributed by atoms with Crippen LogP contribution in [0.1, 0.15) is 27.2 Å². The van der Waals surface area contributed by atoms with E-state index in [1.807, 2.05) is 0 Å². The second-order valence-electron chi connectivity index (χ2n) is 9.65. The number of carbonyl (C=O) groups excluding carboxylic acids is 2. The van der Waals surface area contributed by atoms with Gasteiger partial charge in [-0.3, -0.25) is 10.1 Å². The SMILES string of the molecule is CC(C)(C)OC(=O)Nc1cc(-n2c(=O)oc3ccccc32)cc2cc(NC(=O)[C@@H]3CC3C#N)ncc12. The maximum Gasteiger partial charge on any atom is 0.424 e. The van der Waals surface area contributed by atoms with Crippen LogP contribution in [0.25, 0.3) is 27.6 Å². The normalized spacial score (nSPS) is 16.9. The zero-order valence-electron chi connectivity index (χ0n) is 19.9. The predicted octanol–water partition coefficient (Wildman–Crippen LogP) is 4.58. The molecule has 1 aliphatic rings. The number of benzene rings is 2. The molecule has 10 nitrogen and oxygen atoms in total. The molecule has 1 fully saturated rings. The highest BCUT2D eigenvalue weighted by molar-refractivity contribution is 6.03. The highest BCUT2D eigenvalue weighted by Crippen LogP contribution is 2.38. The van der Waals surface area contributed by atoms with Gasteiger partial charge in [-0.2, -0.15) is 5.26 Å². The van der Waals surface area contributed by atoms with Crippen LogP contribution in [-0.4, -0.2) is 27.2 Å². The summed E-state index contributed by atoms with van der Waals surface area (Å²) in [4.78, 5) is 42.1. The molecule has 0 bridgehead atoms. The standard InChI is InChI=1S/C26H23N5O5/c1-26(2,3)36-24(33)29-19-11-16(31-20-6-4-5-7-21(20)35-25(31)34)8-14-10-22(28-13-18(14)19)30-23(32)17-9-15(17)12-27/h4-8,10-11,13,15,17H,9H2,1-3H3,(H,29,33)(H,28,30,32)/t15?,17-/m1/s1. The average Bonchev–Trinajstić information content (AvgIpc) is 3.52. The molecule has 2 aromatic heterocycles. The molecule has 5 rings (SSSR count). The minimum absolute atomic E-state index is 0.270. The number of hydrogen-bond acceptors (Lipinski definition) is 7. The molecule has 2 atom stereocenters. The van der Waals surface area contributed by atoms with Crippen LogP contribution < -0.4 is 16.4 Å². The Kier molecular flexibility index (Phi) is 5.48. The van der Waals surface area contributed by atoms with E-state index in [-0.39, 0.29) is 17.7 Å². The van der Waals surface area contributed by atoms with Gasteiger partial charge in [0, 0.05) is 11.6 Å². The molecule has 0 radical (unpaired) electrons. The number of pyridine rings is 1. The fraction of sp³-hybridized carbons (Fsp3) is 0.269. The summed E-state index contributed by atoms with van der Waals surface area (Å²) in [5, 5.41) is 15.7. The van der Waals surface area contributed by atoms with Crippen LogP contribution in [0.15, 0.2) is 57.9 Å². The number of nitrogens with zero attached hydrogens (tertiary/aromatic N) is 3. The first-order valence-corrected chi connectivity index (χ1v) is 11.4. The summed E-state index contributed by atoms with van der Waals surface area (Å²) in [6.07, 6.45) is 1.38. The van der Waals surface area contributed by atoms with Crippen molar-refractivity contribution in [3.63, 3.8) is 0 Å². The third-order valence-corrected chi connectivity index (χ3v) is 5.75. The lowest BCUT2D eigenvalue weighted by Crippen LogP contribution is -2.27. The van der Waals surface area contributed by atoms with Crippen LogP contribution in [0.5, 0.6) is 0 Å². The van der Waals surface area contributed by atoms with Crippen molar-refractivity contribution in [1.82, 2.24) is 9.55 Å². The summed E-state index contributed by atoms with van der Waals surface area (Å²) in [6, 6.07) is 14.1. The largest absolute Gasteiger partial charge is 0.444 e. The van der Waals surface area contributed by atoms with Gasteiger partial charge in [-0.1, -0.05) is 12.1 Å². The Labute approximate surface area is 205 Å². The zero-order chi connectivity index (χ0) is 25.6. The Morgan fingerprint density at radius 2 is 1.97 bits per heavy atom. The van der Waals surface area contributed by atoms with E-state index in [0.717, 1.165) is 0 Å². The van der Waals surface area contributed by atoms with Gasteiger partial charge >= 0.3 is 11.8 Å². The molecule has 2 amide bonds. The van der Waals surface area contributed by atoms with Gasteiger partial charge in [-0.25, -0.2) is 19.1 Å². The maximum absolute atomic E-state index is 12.7. The molecule has 182 valence electrons. The maximum atomic E-state index is 12.7. The van der Waals surface area contributed by atoms with E-state index in [2.05, 4.69) is 21.7 Å². The molecule has 0 aliphatic heterocycles. The number of ether oxygens (including phenoxy) is 1. The van der Waals surface area contributed by atoms with Crippen molar-refractivity contribution in [3.05, 3.63) is 59.2 Å². The number of para-hydroxylation sites is 2. The van der Waals surface area contributed by atoms with Crippen LogP contribution in [-0.2, 0) is 9.53 Å². The van der Waals surface area contributed by atoms with Crippen LogP contribution >= 0.6 is 0 Å². The Morgan fingerprint density at radius 3 is 2.69 bits per heavy atom. The monoisotopic (exact) mass is 485 g/mol. The van der Waals surface area contributed by atoms with Gasteiger partial charge in [0.1, 0.15) is 11.4 Å². The van der Waals surface area contributed by atoms with Crippen LogP contribution in [0.3, 0.4) is 0 Å². The second-order valence-corrected chi connectivity index (χ2v) is 9.65. The van der Waals surface area contributed by atoms with Crippen molar-refractivity contribution in [2.75, 3.05) is 10.6 Å². The number of carbonyl (C=O) groups is 2. The summed E-state index contributed by atoms with van der Waals surface area (Å²) in [7, 11) is 0. The first kappa shape index (κ1) is 23.1. The number of nitrogens with one attached hydrogen (secondary N) is 2. The second kappa shape index (κ2) is 8.53. The summed E-state index contributed by atoms with van der Waals surface area (Å²) < 4.78 is 12.2. The van der Waals surface area contributed by atoms with Crippen molar-refractivity contribution >= 4 is 45.4 Å². The van der Waals surface area contributed by atoms with Crippen LogP contribution in [0.4, 0.5) is 16.3 Å². The molecule has 1 saturated carbocycles. The van der Waals surface area contributed by atoms with Gasteiger partial charge in [-0.15, -0.1) is 0 Å². The number of nitriles is 1. The summed E-state index contributed by atoms with van der Waals surface area (Å²) in [5.74, 6) is -1.19. The fourth-order valence-corrected chi connectivity index (χ4v) is 4.01. The number of anilines is 2. The summed E-state index contributed by atoms with van der Waals surface area (Å²) in [5.41, 5.74) is 1.08. The highest BCUT2D eigenvalue weighted by atomic mass is 16.6. The topological polar surface area (TPSA) is 139 Å². The molecule has 4 aromatic rings. The molecular formula is C26H23N5O5. The van der Waals surface area contributed by atoms with Crippen LogP contribution in [0, 0.1) is 23.2 Å². The van der Waals surface area contributed by atoms with Crippen molar-refractivity contribution in [2.24, 2.45) is 11.8 Å².